The predicted octanol–water partition coefficient (Wildman–Crippen LogP) is 4.03. The lowest BCUT2D eigenvalue weighted by Crippen LogP contribution is -2.07. The van der Waals surface area contributed by atoms with Crippen molar-refractivity contribution in [2.24, 2.45) is 0 Å². The van der Waals surface area contributed by atoms with Gasteiger partial charge in [-0.25, -0.2) is 0 Å². The third kappa shape index (κ3) is 2.70. The van der Waals surface area contributed by atoms with Gasteiger partial charge in [0, 0.05) is 28.6 Å². The minimum atomic E-state index is 0.265. The molecular formula is C14H17NS. The smallest absolute Gasteiger partial charge is 0.0270 e. The van der Waals surface area contributed by atoms with Gasteiger partial charge in [-0.15, -0.1) is 11.3 Å². The normalized spacial score (nSPS) is 11.7. The first-order valence-electron chi connectivity index (χ1n) is 5.54. The van der Waals surface area contributed by atoms with Gasteiger partial charge in [-0.3, -0.25) is 4.98 Å². The molecule has 0 N–H and O–H groups in total. The van der Waals surface area contributed by atoms with Crippen molar-refractivity contribution in [2.75, 3.05) is 0 Å². The molecule has 0 fully saturated rings. The van der Waals surface area contributed by atoms with E-state index in [1.807, 2.05) is 23.7 Å². The van der Waals surface area contributed by atoms with Gasteiger partial charge >= 0.3 is 0 Å². The first-order chi connectivity index (χ1) is 7.55. The lowest BCUT2D eigenvalue weighted by atomic mass is 9.95. The molecule has 0 bridgehead atoms. The van der Waals surface area contributed by atoms with Crippen LogP contribution in [0.5, 0.6) is 0 Å². The predicted molar refractivity (Wildman–Crippen MR) is 70.1 cm³/mol. The Morgan fingerprint density at radius 3 is 2.31 bits per heavy atom. The van der Waals surface area contributed by atoms with E-state index in [1.165, 1.54) is 15.3 Å². The molecule has 0 saturated carbocycles. The summed E-state index contributed by atoms with van der Waals surface area (Å²) in [5.74, 6) is 0. The molecule has 2 aromatic rings. The number of hydrogen-bond acceptors (Lipinski definition) is 2. The number of aromatic nitrogens is 1. The summed E-state index contributed by atoms with van der Waals surface area (Å²) < 4.78 is 0. The SMILES string of the molecule is CC(C)(C)c1ccc(Cc2ccncc2)s1. The Labute approximate surface area is 101 Å². The van der Waals surface area contributed by atoms with Gasteiger partial charge in [-0.2, -0.15) is 0 Å². The van der Waals surface area contributed by atoms with E-state index < -0.39 is 0 Å². The Morgan fingerprint density at radius 1 is 1.06 bits per heavy atom. The fourth-order valence-corrected chi connectivity index (χ4v) is 2.68. The zero-order valence-corrected chi connectivity index (χ0v) is 10.8. The Bertz CT molecular complexity index is 451. The minimum absolute atomic E-state index is 0.265. The largest absolute Gasteiger partial charge is 0.265 e. The molecular weight excluding hydrogens is 214 g/mol. The molecule has 0 amide bonds. The van der Waals surface area contributed by atoms with Crippen molar-refractivity contribution in [3.8, 4) is 0 Å². The number of rotatable bonds is 2. The van der Waals surface area contributed by atoms with Crippen LogP contribution in [0.15, 0.2) is 36.7 Å². The highest BCUT2D eigenvalue weighted by atomic mass is 32.1. The van der Waals surface area contributed by atoms with Crippen molar-refractivity contribution in [1.29, 1.82) is 0 Å². The van der Waals surface area contributed by atoms with Gasteiger partial charge in [0.05, 0.1) is 0 Å². The molecule has 0 saturated heterocycles. The summed E-state index contributed by atoms with van der Waals surface area (Å²) in [7, 11) is 0. The molecule has 0 radical (unpaired) electrons. The minimum Gasteiger partial charge on any atom is -0.265 e. The third-order valence-electron chi connectivity index (χ3n) is 2.53. The lowest BCUT2D eigenvalue weighted by molar-refractivity contribution is 0.604. The number of pyridine rings is 1. The molecule has 2 heterocycles. The summed E-state index contributed by atoms with van der Waals surface area (Å²) in [6, 6.07) is 8.65. The number of hydrogen-bond donors (Lipinski definition) is 0. The van der Waals surface area contributed by atoms with E-state index in [2.05, 4.69) is 50.0 Å². The maximum atomic E-state index is 4.03. The molecule has 0 unspecified atom stereocenters. The highest BCUT2D eigenvalue weighted by Crippen LogP contribution is 2.30. The summed E-state index contributed by atoms with van der Waals surface area (Å²) in [5.41, 5.74) is 1.60. The van der Waals surface area contributed by atoms with Gasteiger partial charge in [-0.1, -0.05) is 20.8 Å². The van der Waals surface area contributed by atoms with Gasteiger partial charge < -0.3 is 0 Å². The van der Waals surface area contributed by atoms with Crippen LogP contribution in [0.1, 0.15) is 36.1 Å². The fraction of sp³-hybridized carbons (Fsp3) is 0.357. The van der Waals surface area contributed by atoms with E-state index in [0.29, 0.717) is 0 Å². The van der Waals surface area contributed by atoms with Gasteiger partial charge in [0.25, 0.3) is 0 Å². The van der Waals surface area contributed by atoms with Crippen molar-refractivity contribution in [2.45, 2.75) is 32.6 Å². The van der Waals surface area contributed by atoms with Gasteiger partial charge in [0.2, 0.25) is 0 Å². The Morgan fingerprint density at radius 2 is 1.75 bits per heavy atom. The highest BCUT2D eigenvalue weighted by Gasteiger charge is 2.15. The molecule has 0 atom stereocenters. The standard InChI is InChI=1S/C14H17NS/c1-14(2,3)13-5-4-12(16-13)10-11-6-8-15-9-7-11/h4-9H,10H2,1-3H3. The lowest BCUT2D eigenvalue weighted by Gasteiger charge is -2.15. The van der Waals surface area contributed by atoms with E-state index in [0.717, 1.165) is 6.42 Å². The molecule has 0 aromatic carbocycles. The van der Waals surface area contributed by atoms with Crippen LogP contribution >= 0.6 is 11.3 Å². The molecule has 2 aromatic heterocycles. The summed E-state index contributed by atoms with van der Waals surface area (Å²) in [4.78, 5) is 6.92. The van der Waals surface area contributed by atoms with E-state index in [9.17, 15) is 0 Å². The van der Waals surface area contributed by atoms with Crippen molar-refractivity contribution in [1.82, 2.24) is 4.98 Å². The van der Waals surface area contributed by atoms with E-state index in [4.69, 9.17) is 0 Å². The Balaban J connectivity index is 2.15. The fourth-order valence-electron chi connectivity index (χ4n) is 1.58. The molecule has 2 rings (SSSR count). The topological polar surface area (TPSA) is 12.9 Å². The van der Waals surface area contributed by atoms with Crippen LogP contribution in [0.4, 0.5) is 0 Å². The second-order valence-corrected chi connectivity index (χ2v) is 6.22. The quantitative estimate of drug-likeness (QED) is 0.760. The number of thiophene rings is 1. The van der Waals surface area contributed by atoms with Crippen LogP contribution < -0.4 is 0 Å². The van der Waals surface area contributed by atoms with Crippen molar-refractivity contribution >= 4 is 11.3 Å². The Kier molecular flexibility index (Phi) is 3.10. The zero-order valence-electron chi connectivity index (χ0n) is 10.0. The molecule has 0 aliphatic rings. The van der Waals surface area contributed by atoms with Crippen LogP contribution in [-0.4, -0.2) is 4.98 Å². The van der Waals surface area contributed by atoms with Crippen molar-refractivity contribution in [3.63, 3.8) is 0 Å². The van der Waals surface area contributed by atoms with Crippen LogP contribution in [0.2, 0.25) is 0 Å². The maximum Gasteiger partial charge on any atom is 0.0270 e. The van der Waals surface area contributed by atoms with Gasteiger partial charge in [0.1, 0.15) is 0 Å². The van der Waals surface area contributed by atoms with E-state index in [-0.39, 0.29) is 5.41 Å². The first kappa shape index (κ1) is 11.3. The molecule has 16 heavy (non-hydrogen) atoms. The van der Waals surface area contributed by atoms with E-state index >= 15 is 0 Å². The first-order valence-corrected chi connectivity index (χ1v) is 6.35. The average Bonchev–Trinajstić information content (AvgIpc) is 2.67. The van der Waals surface area contributed by atoms with Crippen LogP contribution in [0, 0.1) is 0 Å². The summed E-state index contributed by atoms with van der Waals surface area (Å²) in [5, 5.41) is 0. The molecule has 84 valence electrons. The molecule has 1 nitrogen and oxygen atoms in total. The second kappa shape index (κ2) is 4.38. The summed E-state index contributed by atoms with van der Waals surface area (Å²) in [6.45, 7) is 6.78. The monoisotopic (exact) mass is 231 g/mol. The summed E-state index contributed by atoms with van der Waals surface area (Å²) in [6.07, 6.45) is 4.73. The third-order valence-corrected chi connectivity index (χ3v) is 4.04. The Hall–Kier alpha value is -1.15. The van der Waals surface area contributed by atoms with Crippen LogP contribution in [0.25, 0.3) is 0 Å². The van der Waals surface area contributed by atoms with Gasteiger partial charge in [-0.05, 0) is 35.2 Å². The average molecular weight is 231 g/mol. The maximum absolute atomic E-state index is 4.03. The molecule has 0 aliphatic heterocycles. The molecule has 2 heteroatoms. The highest BCUT2D eigenvalue weighted by molar-refractivity contribution is 7.12. The number of nitrogens with zero attached hydrogens (tertiary/aromatic N) is 1. The molecule has 0 spiro atoms. The summed E-state index contributed by atoms with van der Waals surface area (Å²) >= 11 is 1.91. The second-order valence-electron chi connectivity index (χ2n) is 5.05. The van der Waals surface area contributed by atoms with Crippen LogP contribution in [0.3, 0.4) is 0 Å². The van der Waals surface area contributed by atoms with Crippen molar-refractivity contribution < 1.29 is 0 Å². The van der Waals surface area contributed by atoms with Crippen molar-refractivity contribution in [3.05, 3.63) is 52.0 Å². The van der Waals surface area contributed by atoms with E-state index in [1.54, 1.807) is 0 Å². The zero-order chi connectivity index (χ0) is 11.6. The van der Waals surface area contributed by atoms with Gasteiger partial charge in [0.15, 0.2) is 0 Å². The van der Waals surface area contributed by atoms with Crippen LogP contribution in [-0.2, 0) is 11.8 Å². The molecule has 0 aliphatic carbocycles.